The quantitative estimate of drug-likeness (QED) is 0.485. The Morgan fingerprint density at radius 3 is 2.74 bits per heavy atom. The van der Waals surface area contributed by atoms with Gasteiger partial charge in [-0.3, -0.25) is 4.79 Å². The average Bonchev–Trinajstić information content (AvgIpc) is 3.48. The second-order valence-electron chi connectivity index (χ2n) is 9.49. The number of hydrogen-bond donors (Lipinski definition) is 3. The molecule has 3 heterocycles. The first kappa shape index (κ1) is 22.5. The number of nitrogens with zero attached hydrogens (tertiary/aromatic N) is 4. The molecule has 1 aliphatic carbocycles. The van der Waals surface area contributed by atoms with E-state index in [2.05, 4.69) is 15.4 Å². The summed E-state index contributed by atoms with van der Waals surface area (Å²) in [5.41, 5.74) is 14.3. The fourth-order valence-electron chi connectivity index (χ4n) is 5.32. The van der Waals surface area contributed by atoms with Crippen LogP contribution in [0.1, 0.15) is 46.8 Å². The molecule has 8 nitrogen and oxygen atoms in total. The summed E-state index contributed by atoms with van der Waals surface area (Å²) in [7, 11) is 3.11. The molecule has 2 aromatic heterocycles. The predicted octanol–water partition coefficient (Wildman–Crippen LogP) is 4.00. The molecule has 0 radical (unpaired) electrons. The Hall–Kier alpha value is -3.33. The molecule has 1 aromatic carbocycles. The van der Waals surface area contributed by atoms with Crippen LogP contribution in [0, 0.1) is 12.7 Å². The zero-order valence-electron chi connectivity index (χ0n) is 19.3. The van der Waals surface area contributed by atoms with Crippen LogP contribution in [-0.2, 0) is 5.41 Å². The highest BCUT2D eigenvalue weighted by Crippen LogP contribution is 2.55. The Kier molecular flexibility index (Phi) is 5.20. The summed E-state index contributed by atoms with van der Waals surface area (Å²) in [5, 5.41) is 8.30. The number of aromatic nitrogens is 3. The van der Waals surface area contributed by atoms with Crippen molar-refractivity contribution in [1.29, 1.82) is 0 Å². The third kappa shape index (κ3) is 3.21. The van der Waals surface area contributed by atoms with Gasteiger partial charge in [-0.1, -0.05) is 11.6 Å². The van der Waals surface area contributed by atoms with Crippen LogP contribution in [-0.4, -0.2) is 46.2 Å². The minimum absolute atomic E-state index is 0.0778. The van der Waals surface area contributed by atoms with Gasteiger partial charge in [-0.25, -0.2) is 14.1 Å². The van der Waals surface area contributed by atoms with Crippen LogP contribution in [0.4, 0.5) is 21.7 Å². The van der Waals surface area contributed by atoms with Crippen molar-refractivity contribution >= 4 is 34.8 Å². The maximum absolute atomic E-state index is 15.6. The van der Waals surface area contributed by atoms with Gasteiger partial charge in [0, 0.05) is 60.2 Å². The number of nitrogens with two attached hydrogens (primary N) is 2. The molecule has 1 spiro atoms. The summed E-state index contributed by atoms with van der Waals surface area (Å²) in [4.78, 5) is 18.4. The summed E-state index contributed by atoms with van der Waals surface area (Å²) in [6.45, 7) is 2.63. The first-order valence-corrected chi connectivity index (χ1v) is 11.5. The molecule has 1 saturated carbocycles. The summed E-state index contributed by atoms with van der Waals surface area (Å²) >= 11 is 6.97. The number of halogens is 2. The van der Waals surface area contributed by atoms with Crippen molar-refractivity contribution in [2.45, 2.75) is 37.6 Å². The summed E-state index contributed by atoms with van der Waals surface area (Å²) in [5.74, 6) is 0.171. The van der Waals surface area contributed by atoms with Gasteiger partial charge in [0.1, 0.15) is 17.5 Å². The number of carbonyl (C=O) groups is 1. The summed E-state index contributed by atoms with van der Waals surface area (Å²) in [6.07, 6.45) is 5.88. The normalized spacial score (nSPS) is 21.0. The lowest BCUT2D eigenvalue weighted by molar-refractivity contribution is 0.0824. The van der Waals surface area contributed by atoms with Crippen LogP contribution in [0.2, 0.25) is 5.02 Å². The van der Waals surface area contributed by atoms with Gasteiger partial charge in [0.15, 0.2) is 0 Å². The van der Waals surface area contributed by atoms with Crippen molar-refractivity contribution in [2.24, 2.45) is 0 Å². The number of hydrogen-bond acceptors (Lipinski definition) is 6. The molecular formula is C24H27ClFN7O. The van der Waals surface area contributed by atoms with Crippen LogP contribution in [0.25, 0.3) is 11.1 Å². The minimum Gasteiger partial charge on any atom is -0.398 e. The number of fused-ring (bicyclic) bond motifs is 2. The number of rotatable bonds is 3. The van der Waals surface area contributed by atoms with E-state index in [0.29, 0.717) is 28.8 Å². The highest BCUT2D eigenvalue weighted by Gasteiger charge is 2.48. The van der Waals surface area contributed by atoms with E-state index >= 15 is 4.39 Å². The topological polar surface area (TPSA) is 115 Å². The Morgan fingerprint density at radius 2 is 2.06 bits per heavy atom. The van der Waals surface area contributed by atoms with E-state index in [1.165, 1.54) is 11.0 Å². The first-order chi connectivity index (χ1) is 16.1. The van der Waals surface area contributed by atoms with E-state index in [4.69, 9.17) is 23.1 Å². The van der Waals surface area contributed by atoms with E-state index in [-0.39, 0.29) is 28.3 Å². The SMILES string of the molecule is Cc1cnn([C@@H]2CC[C@@]3(CNc4ncc(-c5ccc(N)c(C(=O)N(C)C)c5F)c(Cl)c43)C2)c1N. The van der Waals surface area contributed by atoms with Gasteiger partial charge in [0.2, 0.25) is 0 Å². The van der Waals surface area contributed by atoms with Crippen LogP contribution in [0.15, 0.2) is 24.5 Å². The highest BCUT2D eigenvalue weighted by molar-refractivity contribution is 6.34. The van der Waals surface area contributed by atoms with Crippen LogP contribution < -0.4 is 16.8 Å². The molecule has 2 atom stereocenters. The molecule has 1 amide bonds. The second kappa shape index (κ2) is 7.87. The molecule has 1 fully saturated rings. The van der Waals surface area contributed by atoms with Crippen molar-refractivity contribution in [1.82, 2.24) is 19.7 Å². The summed E-state index contributed by atoms with van der Waals surface area (Å²) in [6, 6.07) is 3.21. The molecular weight excluding hydrogens is 457 g/mol. The standard InChI is InChI=1S/C24H27ClFN7O/c1-12-9-31-33(21(12)28)13-6-7-24(8-13)11-30-22-18(24)19(25)15(10-29-22)14-4-5-16(27)17(20(14)26)23(34)32(2)3/h4-5,9-10,13H,6-8,11,27-28H2,1-3H3,(H,29,30)/t13-,24+/m1/s1. The lowest BCUT2D eigenvalue weighted by Gasteiger charge is -2.25. The number of carbonyl (C=O) groups excluding carboxylic acids is 1. The monoisotopic (exact) mass is 483 g/mol. The number of pyridine rings is 1. The largest absolute Gasteiger partial charge is 0.398 e. The van der Waals surface area contributed by atoms with Crippen molar-refractivity contribution in [3.63, 3.8) is 0 Å². The van der Waals surface area contributed by atoms with E-state index < -0.39 is 11.7 Å². The summed E-state index contributed by atoms with van der Waals surface area (Å²) < 4.78 is 17.5. The number of nitrogen functional groups attached to an aromatic ring is 2. The van der Waals surface area contributed by atoms with E-state index in [1.54, 1.807) is 32.6 Å². The maximum atomic E-state index is 15.6. The Balaban J connectivity index is 1.58. The smallest absolute Gasteiger partial charge is 0.258 e. The maximum Gasteiger partial charge on any atom is 0.258 e. The molecule has 0 bridgehead atoms. The third-order valence-electron chi connectivity index (χ3n) is 7.18. The Bertz CT molecular complexity index is 1320. The molecule has 0 saturated heterocycles. The van der Waals surface area contributed by atoms with Gasteiger partial charge in [0.25, 0.3) is 5.91 Å². The van der Waals surface area contributed by atoms with Crippen LogP contribution in [0.5, 0.6) is 0 Å². The number of amides is 1. The fourth-order valence-corrected chi connectivity index (χ4v) is 5.76. The number of benzene rings is 1. The van der Waals surface area contributed by atoms with Gasteiger partial charge >= 0.3 is 0 Å². The second-order valence-corrected chi connectivity index (χ2v) is 9.87. The lowest BCUT2D eigenvalue weighted by atomic mass is 9.80. The molecule has 34 heavy (non-hydrogen) atoms. The molecule has 5 rings (SSSR count). The molecule has 1 aliphatic heterocycles. The average molecular weight is 484 g/mol. The van der Waals surface area contributed by atoms with Gasteiger partial charge in [-0.15, -0.1) is 0 Å². The van der Waals surface area contributed by atoms with Crippen LogP contribution >= 0.6 is 11.6 Å². The Labute approximate surface area is 202 Å². The molecule has 2 aliphatic rings. The highest BCUT2D eigenvalue weighted by atomic mass is 35.5. The predicted molar refractivity (Wildman–Crippen MR) is 132 cm³/mol. The number of anilines is 3. The molecule has 3 aromatic rings. The zero-order valence-corrected chi connectivity index (χ0v) is 20.1. The van der Waals surface area contributed by atoms with Gasteiger partial charge in [0.05, 0.1) is 22.8 Å². The first-order valence-electron chi connectivity index (χ1n) is 11.2. The number of nitrogens with one attached hydrogen (secondary N) is 1. The molecule has 0 unspecified atom stereocenters. The molecule has 10 heteroatoms. The molecule has 5 N–H and O–H groups in total. The van der Waals surface area contributed by atoms with Crippen molar-refractivity contribution < 1.29 is 9.18 Å². The van der Waals surface area contributed by atoms with Crippen molar-refractivity contribution in [3.05, 3.63) is 52.1 Å². The van der Waals surface area contributed by atoms with E-state index in [9.17, 15) is 4.79 Å². The molecule has 178 valence electrons. The Morgan fingerprint density at radius 1 is 1.29 bits per heavy atom. The minimum atomic E-state index is -0.702. The van der Waals surface area contributed by atoms with Crippen molar-refractivity contribution in [3.8, 4) is 11.1 Å². The zero-order chi connectivity index (χ0) is 24.4. The van der Waals surface area contributed by atoms with E-state index in [1.807, 2.05) is 11.6 Å². The van der Waals surface area contributed by atoms with Crippen LogP contribution in [0.3, 0.4) is 0 Å². The van der Waals surface area contributed by atoms with Gasteiger partial charge < -0.3 is 21.7 Å². The van der Waals surface area contributed by atoms with E-state index in [0.717, 1.165) is 30.4 Å². The fraction of sp³-hybridized carbons (Fsp3) is 0.375. The number of aryl methyl sites for hydroxylation is 1. The van der Waals surface area contributed by atoms with Gasteiger partial charge in [-0.2, -0.15) is 5.10 Å². The van der Waals surface area contributed by atoms with Gasteiger partial charge in [-0.05, 0) is 38.3 Å². The lowest BCUT2D eigenvalue weighted by Crippen LogP contribution is -2.26. The third-order valence-corrected chi connectivity index (χ3v) is 7.57. The van der Waals surface area contributed by atoms with Crippen molar-refractivity contribution in [2.75, 3.05) is 37.4 Å².